The summed E-state index contributed by atoms with van der Waals surface area (Å²) in [5.74, 6) is -0.186. The van der Waals surface area contributed by atoms with E-state index in [1.807, 2.05) is 0 Å². The molecule has 32 heavy (non-hydrogen) atoms. The van der Waals surface area contributed by atoms with Crippen LogP contribution in [0.3, 0.4) is 0 Å². The van der Waals surface area contributed by atoms with Gasteiger partial charge in [0.1, 0.15) is 11.5 Å². The molecule has 11 heteroatoms. The summed E-state index contributed by atoms with van der Waals surface area (Å²) < 4.78 is 10.9. The van der Waals surface area contributed by atoms with Crippen LogP contribution in [0.5, 0.6) is 0 Å². The van der Waals surface area contributed by atoms with Gasteiger partial charge in [-0.25, -0.2) is 9.79 Å². The zero-order valence-corrected chi connectivity index (χ0v) is 17.0. The highest BCUT2D eigenvalue weighted by atomic mass is 35.5. The standard InChI is InChI=1S/C21H12ClN3O7/c1-11-14(3-2-4-18(11)25(29)30)20-23-17(21(26)32-20)10-13-6-8-19(31-13)15-7-5-12(24(27)28)9-16(15)22/h2-10H,1H3/b17-10-. The first kappa shape index (κ1) is 20.9. The van der Waals surface area contributed by atoms with Gasteiger partial charge in [-0.3, -0.25) is 20.2 Å². The number of cyclic esters (lactones) is 1. The van der Waals surface area contributed by atoms with Crippen LogP contribution in [0.1, 0.15) is 16.9 Å². The van der Waals surface area contributed by atoms with Crippen LogP contribution in [0.4, 0.5) is 11.4 Å². The second kappa shape index (κ2) is 8.08. The molecule has 2 aromatic carbocycles. The van der Waals surface area contributed by atoms with Gasteiger partial charge < -0.3 is 9.15 Å². The van der Waals surface area contributed by atoms with Gasteiger partial charge in [0.2, 0.25) is 5.90 Å². The molecule has 0 atom stereocenters. The smallest absolute Gasteiger partial charge is 0.363 e. The number of nitro groups is 2. The minimum atomic E-state index is -0.739. The van der Waals surface area contributed by atoms with Crippen molar-refractivity contribution < 1.29 is 23.8 Å². The number of furan rings is 1. The van der Waals surface area contributed by atoms with E-state index < -0.39 is 15.8 Å². The number of aliphatic imine (C=N–C) groups is 1. The lowest BCUT2D eigenvalue weighted by atomic mass is 10.1. The van der Waals surface area contributed by atoms with E-state index in [4.69, 9.17) is 20.8 Å². The molecule has 0 saturated heterocycles. The minimum Gasteiger partial charge on any atom is -0.457 e. The zero-order chi connectivity index (χ0) is 23.0. The number of rotatable bonds is 5. The van der Waals surface area contributed by atoms with Crippen molar-refractivity contribution in [1.29, 1.82) is 0 Å². The first-order valence-electron chi connectivity index (χ1n) is 9.05. The lowest BCUT2D eigenvalue weighted by Crippen LogP contribution is -2.08. The maximum atomic E-state index is 12.3. The molecule has 0 radical (unpaired) electrons. The van der Waals surface area contributed by atoms with E-state index in [0.717, 1.165) is 0 Å². The fourth-order valence-corrected chi connectivity index (χ4v) is 3.37. The summed E-state index contributed by atoms with van der Waals surface area (Å²) >= 11 is 6.12. The molecule has 0 N–H and O–H groups in total. The summed E-state index contributed by atoms with van der Waals surface area (Å²) in [7, 11) is 0. The Bertz CT molecular complexity index is 1360. The lowest BCUT2D eigenvalue weighted by Gasteiger charge is -2.04. The molecule has 4 rings (SSSR count). The number of hydrogen-bond donors (Lipinski definition) is 0. The summed E-state index contributed by atoms with van der Waals surface area (Å²) in [4.78, 5) is 37.3. The Hall–Kier alpha value is -4.31. The third-order valence-electron chi connectivity index (χ3n) is 4.69. The fraction of sp³-hybridized carbons (Fsp3) is 0.0476. The molecule has 0 unspecified atom stereocenters. The van der Waals surface area contributed by atoms with Gasteiger partial charge in [-0.2, -0.15) is 0 Å². The normalized spacial score (nSPS) is 14.4. The van der Waals surface area contributed by atoms with Crippen molar-refractivity contribution in [3.8, 4) is 11.3 Å². The van der Waals surface area contributed by atoms with E-state index in [-0.39, 0.29) is 33.8 Å². The van der Waals surface area contributed by atoms with Crippen molar-refractivity contribution in [1.82, 2.24) is 0 Å². The van der Waals surface area contributed by atoms with E-state index >= 15 is 0 Å². The third-order valence-corrected chi connectivity index (χ3v) is 5.00. The van der Waals surface area contributed by atoms with E-state index in [1.54, 1.807) is 18.2 Å². The van der Waals surface area contributed by atoms with Crippen LogP contribution in [0.2, 0.25) is 5.02 Å². The predicted molar refractivity (Wildman–Crippen MR) is 114 cm³/mol. The summed E-state index contributed by atoms with van der Waals surface area (Å²) in [6.45, 7) is 1.54. The highest BCUT2D eigenvalue weighted by Gasteiger charge is 2.28. The third kappa shape index (κ3) is 3.86. The zero-order valence-electron chi connectivity index (χ0n) is 16.3. The van der Waals surface area contributed by atoms with Gasteiger partial charge in [0.15, 0.2) is 5.70 Å². The number of esters is 1. The Morgan fingerprint density at radius 2 is 1.81 bits per heavy atom. The monoisotopic (exact) mass is 453 g/mol. The Kier molecular flexibility index (Phi) is 5.29. The first-order valence-corrected chi connectivity index (χ1v) is 9.43. The summed E-state index contributed by atoms with van der Waals surface area (Å²) in [5, 5.41) is 22.1. The van der Waals surface area contributed by atoms with Gasteiger partial charge in [0.05, 0.1) is 14.9 Å². The second-order valence-corrected chi connectivity index (χ2v) is 7.07. The molecule has 160 valence electrons. The van der Waals surface area contributed by atoms with Crippen LogP contribution < -0.4 is 0 Å². The largest absolute Gasteiger partial charge is 0.457 e. The molecular weight excluding hydrogens is 442 g/mol. The molecule has 1 aliphatic rings. The average molecular weight is 454 g/mol. The van der Waals surface area contributed by atoms with E-state index in [9.17, 15) is 25.0 Å². The number of benzene rings is 2. The Morgan fingerprint density at radius 3 is 2.50 bits per heavy atom. The van der Waals surface area contributed by atoms with Gasteiger partial charge in [-0.1, -0.05) is 17.7 Å². The van der Waals surface area contributed by atoms with Crippen LogP contribution in [-0.4, -0.2) is 21.7 Å². The van der Waals surface area contributed by atoms with Crippen molar-refractivity contribution in [3.63, 3.8) is 0 Å². The first-order chi connectivity index (χ1) is 15.2. The SMILES string of the molecule is Cc1c(C2=N/C(=C\c3ccc(-c4ccc([N+](=O)[O-])cc4Cl)o3)C(=O)O2)cccc1[N+](=O)[O-]. The molecule has 3 aromatic rings. The average Bonchev–Trinajstić information content (AvgIpc) is 3.35. The summed E-state index contributed by atoms with van der Waals surface area (Å²) in [5.41, 5.74) is 0.759. The number of ether oxygens (including phenoxy) is 1. The van der Waals surface area contributed by atoms with Crippen molar-refractivity contribution >= 4 is 40.9 Å². The number of non-ortho nitro benzene ring substituents is 1. The maximum Gasteiger partial charge on any atom is 0.363 e. The summed E-state index contributed by atoms with van der Waals surface area (Å²) in [6, 6.07) is 11.5. The number of nitrogens with zero attached hydrogens (tertiary/aromatic N) is 3. The molecule has 1 aromatic heterocycles. The van der Waals surface area contributed by atoms with Crippen LogP contribution in [-0.2, 0) is 9.53 Å². The van der Waals surface area contributed by atoms with Gasteiger partial charge in [-0.05, 0) is 31.2 Å². The fourth-order valence-electron chi connectivity index (χ4n) is 3.10. The number of carbonyl (C=O) groups excluding carboxylic acids is 1. The van der Waals surface area contributed by atoms with Crippen molar-refractivity contribution in [2.24, 2.45) is 4.99 Å². The van der Waals surface area contributed by atoms with Crippen LogP contribution in [0.25, 0.3) is 17.4 Å². The minimum absolute atomic E-state index is 0.0485. The van der Waals surface area contributed by atoms with E-state index in [1.165, 1.54) is 43.3 Å². The van der Waals surface area contributed by atoms with Crippen LogP contribution in [0.15, 0.2) is 63.6 Å². The van der Waals surface area contributed by atoms with Gasteiger partial charge in [-0.15, -0.1) is 0 Å². The molecule has 2 heterocycles. The molecule has 0 bridgehead atoms. The topological polar surface area (TPSA) is 138 Å². The Labute approximate surface area is 184 Å². The number of nitro benzene ring substituents is 2. The maximum absolute atomic E-state index is 12.3. The van der Waals surface area contributed by atoms with Gasteiger partial charge in [0.25, 0.3) is 11.4 Å². The highest BCUT2D eigenvalue weighted by molar-refractivity contribution is 6.33. The summed E-state index contributed by atoms with van der Waals surface area (Å²) in [6.07, 6.45) is 1.35. The van der Waals surface area contributed by atoms with Gasteiger partial charge >= 0.3 is 5.97 Å². The Morgan fingerprint density at radius 1 is 1.03 bits per heavy atom. The predicted octanol–water partition coefficient (Wildman–Crippen LogP) is 5.07. The van der Waals surface area contributed by atoms with E-state index in [2.05, 4.69) is 4.99 Å². The quantitative estimate of drug-likeness (QED) is 0.227. The van der Waals surface area contributed by atoms with Crippen molar-refractivity contribution in [3.05, 3.63) is 96.4 Å². The Balaban J connectivity index is 1.65. The second-order valence-electron chi connectivity index (χ2n) is 6.67. The van der Waals surface area contributed by atoms with Gasteiger partial charge in [0, 0.05) is 41.0 Å². The van der Waals surface area contributed by atoms with Crippen molar-refractivity contribution in [2.45, 2.75) is 6.92 Å². The highest BCUT2D eigenvalue weighted by Crippen LogP contribution is 2.33. The number of halogens is 1. The number of hydrogen-bond acceptors (Lipinski definition) is 8. The molecule has 0 amide bonds. The molecule has 10 nitrogen and oxygen atoms in total. The van der Waals surface area contributed by atoms with Crippen LogP contribution in [0, 0.1) is 27.2 Å². The molecule has 0 spiro atoms. The molecule has 0 fully saturated rings. The molecule has 1 aliphatic heterocycles. The molecule has 0 saturated carbocycles. The molecular formula is C21H12ClN3O7. The van der Waals surface area contributed by atoms with Crippen LogP contribution >= 0.6 is 11.6 Å². The number of carbonyl (C=O) groups is 1. The lowest BCUT2D eigenvalue weighted by molar-refractivity contribution is -0.385. The van der Waals surface area contributed by atoms with E-state index in [0.29, 0.717) is 22.5 Å². The van der Waals surface area contributed by atoms with Crippen molar-refractivity contribution in [2.75, 3.05) is 0 Å². The molecule has 0 aliphatic carbocycles.